The fourth-order valence-corrected chi connectivity index (χ4v) is 2.25. The fraction of sp³-hybridized carbons (Fsp3) is 0.273. The molecule has 1 fully saturated rings. The van der Waals surface area contributed by atoms with Crippen molar-refractivity contribution in [3.05, 3.63) is 30.3 Å². The van der Waals surface area contributed by atoms with Crippen molar-refractivity contribution in [3.8, 4) is 0 Å². The van der Waals surface area contributed by atoms with Gasteiger partial charge in [0.1, 0.15) is 0 Å². The number of carbonyl (C=O) groups excluding carboxylic acids is 1. The number of rotatable bonds is 1. The predicted molar refractivity (Wildman–Crippen MR) is 66.5 cm³/mol. The van der Waals surface area contributed by atoms with Gasteiger partial charge < -0.3 is 0 Å². The lowest BCUT2D eigenvalue weighted by Crippen LogP contribution is -2.48. The van der Waals surface area contributed by atoms with Gasteiger partial charge in [-0.1, -0.05) is 30.0 Å². The van der Waals surface area contributed by atoms with Crippen molar-refractivity contribution in [3.63, 3.8) is 0 Å². The normalized spacial score (nSPS) is 19.4. The van der Waals surface area contributed by atoms with Crippen LogP contribution in [0.25, 0.3) is 0 Å². The average molecular weight is 235 g/mol. The zero-order chi connectivity index (χ0) is 11.5. The van der Waals surface area contributed by atoms with Crippen molar-refractivity contribution in [2.75, 3.05) is 19.8 Å². The number of hydrogen-bond acceptors (Lipinski definition) is 3. The molecular formula is C11H13N3OS. The van der Waals surface area contributed by atoms with E-state index in [1.54, 1.807) is 17.1 Å². The van der Waals surface area contributed by atoms with Crippen LogP contribution in [0, 0.1) is 0 Å². The summed E-state index contributed by atoms with van der Waals surface area (Å²) in [6.45, 7) is 0. The average Bonchev–Trinajstić information content (AvgIpc) is 2.31. The minimum Gasteiger partial charge on any atom is -0.272 e. The minimum atomic E-state index is 0.0968. The fourth-order valence-electron chi connectivity index (χ4n) is 1.33. The quantitative estimate of drug-likeness (QED) is 0.743. The van der Waals surface area contributed by atoms with Crippen LogP contribution < -0.4 is 0 Å². The third-order valence-electron chi connectivity index (χ3n) is 2.39. The van der Waals surface area contributed by atoms with E-state index < -0.39 is 0 Å². The molecule has 2 rings (SSSR count). The van der Waals surface area contributed by atoms with Gasteiger partial charge in [0, 0.05) is 14.1 Å². The summed E-state index contributed by atoms with van der Waals surface area (Å²) >= 11 is 1.46. The molecule has 1 saturated heterocycles. The van der Waals surface area contributed by atoms with Crippen LogP contribution in [0.2, 0.25) is 0 Å². The Morgan fingerprint density at radius 3 is 2.56 bits per heavy atom. The summed E-state index contributed by atoms with van der Waals surface area (Å²) in [6, 6.07) is 9.73. The first kappa shape index (κ1) is 11.0. The highest BCUT2D eigenvalue weighted by atomic mass is 32.2. The van der Waals surface area contributed by atoms with Crippen LogP contribution in [0.4, 0.5) is 5.69 Å². The molecule has 0 radical (unpaired) electrons. The first-order chi connectivity index (χ1) is 7.68. The van der Waals surface area contributed by atoms with Crippen LogP contribution in [-0.4, -0.2) is 40.9 Å². The number of carbonyl (C=O) groups is 1. The lowest BCUT2D eigenvalue weighted by Gasteiger charge is -2.34. The number of hydrogen-bond donors (Lipinski definition) is 0. The van der Waals surface area contributed by atoms with E-state index in [2.05, 4.69) is 4.99 Å². The van der Waals surface area contributed by atoms with E-state index >= 15 is 0 Å². The van der Waals surface area contributed by atoms with Gasteiger partial charge in [-0.3, -0.25) is 14.8 Å². The van der Waals surface area contributed by atoms with E-state index in [1.807, 2.05) is 37.4 Å². The molecule has 1 heterocycles. The van der Waals surface area contributed by atoms with Gasteiger partial charge in [0.15, 0.2) is 5.17 Å². The lowest BCUT2D eigenvalue weighted by molar-refractivity contribution is -0.135. The maximum absolute atomic E-state index is 11.4. The van der Waals surface area contributed by atoms with Crippen molar-refractivity contribution >= 4 is 28.5 Å². The highest BCUT2D eigenvalue weighted by Gasteiger charge is 2.24. The summed E-state index contributed by atoms with van der Waals surface area (Å²) in [5.41, 5.74) is 0.902. The first-order valence-corrected chi connectivity index (χ1v) is 5.94. The second kappa shape index (κ2) is 4.57. The van der Waals surface area contributed by atoms with Crippen molar-refractivity contribution in [2.45, 2.75) is 0 Å². The van der Waals surface area contributed by atoms with Crippen LogP contribution in [0.1, 0.15) is 0 Å². The highest BCUT2D eigenvalue weighted by molar-refractivity contribution is 8.14. The van der Waals surface area contributed by atoms with Gasteiger partial charge in [-0.05, 0) is 12.1 Å². The third kappa shape index (κ3) is 2.19. The summed E-state index contributed by atoms with van der Waals surface area (Å²) in [5.74, 6) is 0.548. The van der Waals surface area contributed by atoms with Gasteiger partial charge >= 0.3 is 0 Å². The van der Waals surface area contributed by atoms with Gasteiger partial charge in [0.2, 0.25) is 0 Å². The molecule has 1 amide bonds. The zero-order valence-corrected chi connectivity index (χ0v) is 10.1. The SMILES string of the molecule is CN1C(=O)CSC(=Nc2ccccc2)N1C. The molecular weight excluding hydrogens is 222 g/mol. The van der Waals surface area contributed by atoms with Crippen molar-refractivity contribution in [2.24, 2.45) is 4.99 Å². The second-order valence-corrected chi connectivity index (χ2v) is 4.40. The lowest BCUT2D eigenvalue weighted by atomic mass is 10.3. The highest BCUT2D eigenvalue weighted by Crippen LogP contribution is 2.21. The Balaban J connectivity index is 2.22. The van der Waals surface area contributed by atoms with Crippen LogP contribution in [0.5, 0.6) is 0 Å². The Morgan fingerprint density at radius 1 is 1.19 bits per heavy atom. The van der Waals surface area contributed by atoms with Crippen molar-refractivity contribution < 1.29 is 4.79 Å². The Morgan fingerprint density at radius 2 is 1.88 bits per heavy atom. The molecule has 84 valence electrons. The number of amides is 1. The van der Waals surface area contributed by atoms with E-state index in [4.69, 9.17) is 0 Å². The summed E-state index contributed by atoms with van der Waals surface area (Å²) in [6.07, 6.45) is 0. The Labute approximate surface area is 98.9 Å². The maximum atomic E-state index is 11.4. The molecule has 0 saturated carbocycles. The van der Waals surface area contributed by atoms with Crippen LogP contribution in [0.3, 0.4) is 0 Å². The molecule has 1 aromatic rings. The molecule has 0 spiro atoms. The van der Waals surface area contributed by atoms with Crippen molar-refractivity contribution in [1.82, 2.24) is 10.0 Å². The number of thioether (sulfide) groups is 1. The van der Waals surface area contributed by atoms with E-state index in [1.165, 1.54) is 11.8 Å². The maximum Gasteiger partial charge on any atom is 0.251 e. The van der Waals surface area contributed by atoms with Gasteiger partial charge in [0.05, 0.1) is 11.4 Å². The molecule has 4 nitrogen and oxygen atoms in total. The van der Waals surface area contributed by atoms with Crippen molar-refractivity contribution in [1.29, 1.82) is 0 Å². The molecule has 0 aromatic heterocycles. The molecule has 0 bridgehead atoms. The smallest absolute Gasteiger partial charge is 0.251 e. The molecule has 0 aliphatic carbocycles. The molecule has 1 aromatic carbocycles. The molecule has 1 aliphatic rings. The predicted octanol–water partition coefficient (Wildman–Crippen LogP) is 1.73. The molecule has 16 heavy (non-hydrogen) atoms. The minimum absolute atomic E-state index is 0.0968. The number of benzene rings is 1. The summed E-state index contributed by atoms with van der Waals surface area (Å²) in [5, 5.41) is 4.19. The topological polar surface area (TPSA) is 35.9 Å². The largest absolute Gasteiger partial charge is 0.272 e. The number of hydrazine groups is 1. The zero-order valence-electron chi connectivity index (χ0n) is 9.25. The molecule has 0 unspecified atom stereocenters. The molecule has 1 aliphatic heterocycles. The Kier molecular flexibility index (Phi) is 3.14. The standard InChI is InChI=1S/C11H13N3OS/c1-13-10(15)8-16-11(14(13)2)12-9-6-4-3-5-7-9/h3-7H,8H2,1-2H3. The summed E-state index contributed by atoms with van der Waals surface area (Å²) in [4.78, 5) is 15.9. The van der Waals surface area contributed by atoms with E-state index in [9.17, 15) is 4.79 Å². The molecule has 0 atom stereocenters. The Hall–Kier alpha value is -1.49. The first-order valence-electron chi connectivity index (χ1n) is 4.95. The van der Waals surface area contributed by atoms with E-state index in [-0.39, 0.29) is 5.91 Å². The number of nitrogens with zero attached hydrogens (tertiary/aromatic N) is 3. The van der Waals surface area contributed by atoms with E-state index in [0.717, 1.165) is 10.9 Å². The van der Waals surface area contributed by atoms with Gasteiger partial charge in [-0.2, -0.15) is 0 Å². The van der Waals surface area contributed by atoms with Crippen LogP contribution >= 0.6 is 11.8 Å². The van der Waals surface area contributed by atoms with Gasteiger partial charge in [-0.25, -0.2) is 4.99 Å². The number of aliphatic imine (C=N–C) groups is 1. The van der Waals surface area contributed by atoms with Gasteiger partial charge in [-0.15, -0.1) is 0 Å². The van der Waals surface area contributed by atoms with E-state index in [0.29, 0.717) is 5.75 Å². The van der Waals surface area contributed by atoms with Crippen LogP contribution in [0.15, 0.2) is 35.3 Å². The molecule has 5 heteroatoms. The summed E-state index contributed by atoms with van der Waals surface area (Å²) < 4.78 is 0. The molecule has 0 N–H and O–H groups in total. The number of amidine groups is 1. The van der Waals surface area contributed by atoms with Gasteiger partial charge in [0.25, 0.3) is 5.91 Å². The van der Waals surface area contributed by atoms with Crippen LogP contribution in [-0.2, 0) is 4.79 Å². The third-order valence-corrected chi connectivity index (χ3v) is 3.40. The second-order valence-electron chi connectivity index (χ2n) is 3.46. The summed E-state index contributed by atoms with van der Waals surface area (Å²) in [7, 11) is 3.59. The Bertz CT molecular complexity index is 418. The monoisotopic (exact) mass is 235 g/mol. The number of para-hydroxylation sites is 1.